The maximum absolute atomic E-state index is 13.1. The zero-order chi connectivity index (χ0) is 23.6. The number of allylic oxidation sites excluding steroid dienone is 1. The van der Waals surface area contributed by atoms with Crippen LogP contribution in [0.2, 0.25) is 0 Å². The first-order valence-electron chi connectivity index (χ1n) is 10.4. The lowest BCUT2D eigenvalue weighted by Crippen LogP contribution is -2.38. The first-order chi connectivity index (χ1) is 15.0. The first-order valence-corrected chi connectivity index (χ1v) is 10.4. The van der Waals surface area contributed by atoms with E-state index in [4.69, 9.17) is 4.74 Å². The average Bonchev–Trinajstić information content (AvgIpc) is 2.70. The number of carbonyl (C=O) groups excluding carboxylic acids is 2. The molecule has 0 spiro atoms. The van der Waals surface area contributed by atoms with Gasteiger partial charge in [-0.05, 0) is 56.5 Å². The molecule has 0 saturated carbocycles. The quantitative estimate of drug-likeness (QED) is 0.550. The Kier molecular flexibility index (Phi) is 6.77. The highest BCUT2D eigenvalue weighted by Gasteiger charge is 2.38. The molecule has 2 aromatic carbocycles. The summed E-state index contributed by atoms with van der Waals surface area (Å²) in [7, 11) is 0. The minimum Gasteiger partial charge on any atom is -0.460 e. The third-order valence-electron chi connectivity index (χ3n) is 5.62. The predicted molar refractivity (Wildman–Crippen MR) is 114 cm³/mol. The number of benzene rings is 2. The molecule has 2 aromatic rings. The van der Waals surface area contributed by atoms with E-state index in [1.165, 1.54) is 12.1 Å². The van der Waals surface area contributed by atoms with Crippen LogP contribution >= 0.6 is 0 Å². The second-order valence-corrected chi connectivity index (χ2v) is 8.24. The van der Waals surface area contributed by atoms with Gasteiger partial charge in [-0.25, -0.2) is 4.79 Å². The van der Waals surface area contributed by atoms with E-state index in [1.54, 1.807) is 25.7 Å². The van der Waals surface area contributed by atoms with E-state index in [-0.39, 0.29) is 18.4 Å². The fourth-order valence-electron chi connectivity index (χ4n) is 3.89. The fraction of sp³-hybridized carbons (Fsp3) is 0.360. The molecule has 0 unspecified atom stereocenters. The van der Waals surface area contributed by atoms with E-state index < -0.39 is 23.6 Å². The molecule has 1 atom stereocenters. The van der Waals surface area contributed by atoms with Crippen molar-refractivity contribution in [2.45, 2.75) is 58.9 Å². The monoisotopic (exact) mass is 445 g/mol. The fourth-order valence-corrected chi connectivity index (χ4v) is 3.89. The number of hydrogen-bond donors (Lipinski definition) is 0. The summed E-state index contributed by atoms with van der Waals surface area (Å²) in [5, 5.41) is 0. The van der Waals surface area contributed by atoms with Gasteiger partial charge in [-0.15, -0.1) is 0 Å². The molecule has 0 fully saturated rings. The maximum Gasteiger partial charge on any atom is 0.416 e. The Morgan fingerprint density at radius 2 is 1.72 bits per heavy atom. The number of hydrogen-bond acceptors (Lipinski definition) is 3. The highest BCUT2D eigenvalue weighted by molar-refractivity contribution is 5.96. The van der Waals surface area contributed by atoms with Gasteiger partial charge in [0.1, 0.15) is 0 Å². The Morgan fingerprint density at radius 3 is 2.28 bits per heavy atom. The van der Waals surface area contributed by atoms with Crippen LogP contribution in [0.25, 0.3) is 0 Å². The topological polar surface area (TPSA) is 46.6 Å². The van der Waals surface area contributed by atoms with Crippen molar-refractivity contribution >= 4 is 11.9 Å². The van der Waals surface area contributed by atoms with E-state index in [9.17, 15) is 22.8 Å². The summed E-state index contributed by atoms with van der Waals surface area (Å²) in [5.41, 5.74) is 2.41. The number of ether oxygens (including phenoxy) is 1. The lowest BCUT2D eigenvalue weighted by atomic mass is 9.83. The minimum atomic E-state index is -4.46. The van der Waals surface area contributed by atoms with Gasteiger partial charge >= 0.3 is 12.1 Å². The highest BCUT2D eigenvalue weighted by Crippen LogP contribution is 2.39. The smallest absolute Gasteiger partial charge is 0.416 e. The van der Waals surface area contributed by atoms with Crippen LogP contribution in [0, 0.1) is 6.92 Å². The van der Waals surface area contributed by atoms with E-state index in [0.717, 1.165) is 23.3 Å². The van der Waals surface area contributed by atoms with Crippen LogP contribution in [-0.2, 0) is 27.0 Å². The van der Waals surface area contributed by atoms with Gasteiger partial charge in [0, 0.05) is 18.0 Å². The molecule has 170 valence electrons. The summed E-state index contributed by atoms with van der Waals surface area (Å²) in [6.45, 7) is 7.38. The maximum atomic E-state index is 13.1. The Hall–Kier alpha value is -3.09. The second-order valence-electron chi connectivity index (χ2n) is 8.24. The normalized spacial score (nSPS) is 17.2. The summed E-state index contributed by atoms with van der Waals surface area (Å²) >= 11 is 0. The van der Waals surface area contributed by atoms with Gasteiger partial charge in [0.2, 0.25) is 5.91 Å². The van der Waals surface area contributed by atoms with Crippen LogP contribution < -0.4 is 0 Å². The molecular formula is C25H26F3NO3. The first kappa shape index (κ1) is 23.6. The van der Waals surface area contributed by atoms with Crippen molar-refractivity contribution in [3.8, 4) is 0 Å². The van der Waals surface area contributed by atoms with E-state index >= 15 is 0 Å². The SMILES string of the molecule is CC1=C(C(=O)OC(C)C)[C@@H](c2ccc(C(F)(F)F)cc2)CC(=O)N1Cc1ccccc1C. The van der Waals surface area contributed by atoms with Gasteiger partial charge in [-0.1, -0.05) is 36.4 Å². The lowest BCUT2D eigenvalue weighted by Gasteiger charge is -2.35. The number of halogens is 3. The van der Waals surface area contributed by atoms with Crippen LogP contribution in [-0.4, -0.2) is 22.9 Å². The van der Waals surface area contributed by atoms with Crippen molar-refractivity contribution < 1.29 is 27.5 Å². The molecule has 0 N–H and O–H groups in total. The number of amides is 1. The Balaban J connectivity index is 2.04. The van der Waals surface area contributed by atoms with E-state index in [1.807, 2.05) is 31.2 Å². The van der Waals surface area contributed by atoms with Crippen molar-refractivity contribution in [3.63, 3.8) is 0 Å². The van der Waals surface area contributed by atoms with Gasteiger partial charge < -0.3 is 9.64 Å². The summed E-state index contributed by atoms with van der Waals surface area (Å²) < 4.78 is 44.4. The molecule has 0 bridgehead atoms. The van der Waals surface area contributed by atoms with Crippen LogP contribution in [0.1, 0.15) is 55.4 Å². The average molecular weight is 445 g/mol. The molecule has 1 aliphatic rings. The molecule has 0 aromatic heterocycles. The second kappa shape index (κ2) is 9.18. The number of nitrogens with zero attached hydrogens (tertiary/aromatic N) is 1. The van der Waals surface area contributed by atoms with Gasteiger partial charge in [0.05, 0.1) is 23.8 Å². The predicted octanol–water partition coefficient (Wildman–Crippen LogP) is 5.76. The number of rotatable bonds is 5. The third-order valence-corrected chi connectivity index (χ3v) is 5.62. The zero-order valence-electron chi connectivity index (χ0n) is 18.5. The summed E-state index contributed by atoms with van der Waals surface area (Å²) in [4.78, 5) is 27.6. The summed E-state index contributed by atoms with van der Waals surface area (Å²) in [6.07, 6.45) is -4.87. The van der Waals surface area contributed by atoms with Crippen molar-refractivity contribution in [2.24, 2.45) is 0 Å². The number of esters is 1. The molecular weight excluding hydrogens is 419 g/mol. The Bertz CT molecular complexity index is 1040. The van der Waals surface area contributed by atoms with Crippen molar-refractivity contribution in [1.29, 1.82) is 0 Å². The van der Waals surface area contributed by atoms with Gasteiger partial charge in [-0.3, -0.25) is 4.79 Å². The zero-order valence-corrected chi connectivity index (χ0v) is 18.5. The van der Waals surface area contributed by atoms with Crippen molar-refractivity contribution in [1.82, 2.24) is 4.90 Å². The van der Waals surface area contributed by atoms with Gasteiger partial charge in [0.25, 0.3) is 0 Å². The highest BCUT2D eigenvalue weighted by atomic mass is 19.4. The largest absolute Gasteiger partial charge is 0.460 e. The summed E-state index contributed by atoms with van der Waals surface area (Å²) in [5.74, 6) is -1.44. The molecule has 1 amide bonds. The molecule has 0 aliphatic carbocycles. The van der Waals surface area contributed by atoms with Gasteiger partial charge in [0.15, 0.2) is 0 Å². The van der Waals surface area contributed by atoms with E-state index in [0.29, 0.717) is 23.4 Å². The van der Waals surface area contributed by atoms with Crippen LogP contribution in [0.3, 0.4) is 0 Å². The molecule has 0 radical (unpaired) electrons. The molecule has 0 saturated heterocycles. The molecule has 7 heteroatoms. The number of alkyl halides is 3. The van der Waals surface area contributed by atoms with Crippen molar-refractivity contribution in [3.05, 3.63) is 82.1 Å². The van der Waals surface area contributed by atoms with Crippen LogP contribution in [0.15, 0.2) is 59.8 Å². The van der Waals surface area contributed by atoms with E-state index in [2.05, 4.69) is 0 Å². The number of aryl methyl sites for hydroxylation is 1. The summed E-state index contributed by atoms with van der Waals surface area (Å²) in [6, 6.07) is 12.3. The van der Waals surface area contributed by atoms with Crippen LogP contribution in [0.4, 0.5) is 13.2 Å². The minimum absolute atomic E-state index is 0.0306. The molecule has 1 aliphatic heterocycles. The molecule has 32 heavy (non-hydrogen) atoms. The molecule has 4 nitrogen and oxygen atoms in total. The molecule has 1 heterocycles. The van der Waals surface area contributed by atoms with Crippen molar-refractivity contribution in [2.75, 3.05) is 0 Å². The lowest BCUT2D eigenvalue weighted by molar-refractivity contribution is -0.144. The Morgan fingerprint density at radius 1 is 1.09 bits per heavy atom. The number of carbonyl (C=O) groups is 2. The standard InChI is InChI=1S/C25H26F3NO3/c1-15(2)32-24(31)23-17(4)29(14-19-8-6-5-7-16(19)3)22(30)13-21(23)18-9-11-20(12-10-18)25(26,27)28/h5-12,15,21H,13-14H2,1-4H3/t21-/m1/s1. The van der Waals surface area contributed by atoms with Crippen LogP contribution in [0.5, 0.6) is 0 Å². The third kappa shape index (κ3) is 5.03. The molecule has 3 rings (SSSR count). The Labute approximate surface area is 185 Å². The van der Waals surface area contributed by atoms with Gasteiger partial charge in [-0.2, -0.15) is 13.2 Å².